The second-order valence-electron chi connectivity index (χ2n) is 8.49. The standard InChI is InChI=1S/C24H31FN2O3.2ClH/c1-26(2)11-3-12-27-13-10-22(18-4-6-20(25)7-5-18)19(15-27)16-28-21-8-9-23-24(14-21)30-17-29-23;;/h4-9,14,19,22H,3,10-13,15-17H2,1-2H3;2*1H/t19-,22-;;/m1../s1. The Morgan fingerprint density at radius 2 is 1.81 bits per heavy atom. The summed E-state index contributed by atoms with van der Waals surface area (Å²) in [6.07, 6.45) is 2.21. The fourth-order valence-corrected chi connectivity index (χ4v) is 4.41. The van der Waals surface area contributed by atoms with Gasteiger partial charge in [0.05, 0.1) is 6.61 Å². The first-order valence-electron chi connectivity index (χ1n) is 10.7. The molecule has 0 radical (unpaired) electrons. The maximum atomic E-state index is 13.4. The zero-order valence-electron chi connectivity index (χ0n) is 18.7. The minimum atomic E-state index is -0.187. The molecular weight excluding hydrogens is 454 g/mol. The van der Waals surface area contributed by atoms with E-state index in [1.54, 1.807) is 12.1 Å². The number of rotatable bonds is 8. The van der Waals surface area contributed by atoms with Crippen molar-refractivity contribution in [1.82, 2.24) is 9.80 Å². The van der Waals surface area contributed by atoms with Crippen LogP contribution in [0.15, 0.2) is 42.5 Å². The largest absolute Gasteiger partial charge is 0.493 e. The summed E-state index contributed by atoms with van der Waals surface area (Å²) in [5.41, 5.74) is 1.20. The predicted octanol–water partition coefficient (Wildman–Crippen LogP) is 4.83. The van der Waals surface area contributed by atoms with Crippen LogP contribution in [-0.4, -0.2) is 63.5 Å². The average molecular weight is 487 g/mol. The highest BCUT2D eigenvalue weighted by atomic mass is 35.5. The van der Waals surface area contributed by atoms with Gasteiger partial charge in [-0.05, 0) is 82.3 Å². The Kier molecular flexibility index (Phi) is 10.4. The zero-order valence-corrected chi connectivity index (χ0v) is 20.3. The number of likely N-dealkylation sites (tertiary alicyclic amines) is 1. The van der Waals surface area contributed by atoms with Gasteiger partial charge in [0.1, 0.15) is 11.6 Å². The van der Waals surface area contributed by atoms with E-state index in [2.05, 4.69) is 23.9 Å². The molecule has 32 heavy (non-hydrogen) atoms. The molecule has 0 N–H and O–H groups in total. The zero-order chi connectivity index (χ0) is 20.9. The average Bonchev–Trinajstić information content (AvgIpc) is 3.21. The van der Waals surface area contributed by atoms with E-state index in [0.717, 1.165) is 56.3 Å². The van der Waals surface area contributed by atoms with Crippen LogP contribution in [-0.2, 0) is 0 Å². The number of nitrogens with zero attached hydrogens (tertiary/aromatic N) is 2. The molecule has 1 saturated heterocycles. The minimum absolute atomic E-state index is 0. The highest BCUT2D eigenvalue weighted by molar-refractivity contribution is 5.85. The molecule has 0 aliphatic carbocycles. The van der Waals surface area contributed by atoms with Gasteiger partial charge < -0.3 is 24.0 Å². The Labute approximate surface area is 202 Å². The normalized spacial score (nSPS) is 19.9. The van der Waals surface area contributed by atoms with E-state index in [9.17, 15) is 4.39 Å². The van der Waals surface area contributed by atoms with E-state index in [0.29, 0.717) is 18.4 Å². The van der Waals surface area contributed by atoms with Gasteiger partial charge in [0.15, 0.2) is 11.5 Å². The SMILES string of the molecule is CN(C)CCCN1CC[C@H](c2ccc(F)cc2)[C@@H](COc2ccc3c(c2)OCO3)C1.Cl.Cl. The van der Waals surface area contributed by atoms with Gasteiger partial charge in [-0.15, -0.1) is 24.8 Å². The van der Waals surface area contributed by atoms with Crippen molar-refractivity contribution < 1.29 is 18.6 Å². The lowest BCUT2D eigenvalue weighted by Gasteiger charge is -2.39. The molecule has 4 rings (SSSR count). The quantitative estimate of drug-likeness (QED) is 0.533. The van der Waals surface area contributed by atoms with Crippen LogP contribution >= 0.6 is 24.8 Å². The Morgan fingerprint density at radius 3 is 2.56 bits per heavy atom. The number of fused-ring (bicyclic) bond motifs is 1. The maximum Gasteiger partial charge on any atom is 0.231 e. The fraction of sp³-hybridized carbons (Fsp3) is 0.500. The van der Waals surface area contributed by atoms with Gasteiger partial charge in [-0.2, -0.15) is 0 Å². The van der Waals surface area contributed by atoms with Crippen molar-refractivity contribution in [2.24, 2.45) is 5.92 Å². The monoisotopic (exact) mass is 486 g/mol. The summed E-state index contributed by atoms with van der Waals surface area (Å²) in [6, 6.07) is 12.7. The molecule has 0 saturated carbocycles. The van der Waals surface area contributed by atoms with E-state index in [-0.39, 0.29) is 37.4 Å². The number of piperidine rings is 1. The number of ether oxygens (including phenoxy) is 3. The number of benzene rings is 2. The lowest BCUT2D eigenvalue weighted by Crippen LogP contribution is -2.42. The first-order chi connectivity index (χ1) is 14.6. The molecule has 2 aliphatic rings. The molecule has 0 amide bonds. The summed E-state index contributed by atoms with van der Waals surface area (Å²) in [5.74, 6) is 2.81. The molecule has 2 heterocycles. The third-order valence-corrected chi connectivity index (χ3v) is 6.00. The van der Waals surface area contributed by atoms with Crippen LogP contribution < -0.4 is 14.2 Å². The molecular formula is C24H33Cl2FN2O3. The number of halogens is 3. The topological polar surface area (TPSA) is 34.2 Å². The smallest absolute Gasteiger partial charge is 0.231 e. The van der Waals surface area contributed by atoms with Crippen molar-refractivity contribution in [3.05, 3.63) is 53.8 Å². The summed E-state index contributed by atoms with van der Waals surface area (Å²) in [5, 5.41) is 0. The number of hydrogen-bond donors (Lipinski definition) is 0. The van der Waals surface area contributed by atoms with Crippen molar-refractivity contribution in [3.63, 3.8) is 0 Å². The van der Waals surface area contributed by atoms with Gasteiger partial charge in [-0.25, -0.2) is 4.39 Å². The molecule has 8 heteroatoms. The second kappa shape index (κ2) is 12.5. The van der Waals surface area contributed by atoms with E-state index in [4.69, 9.17) is 14.2 Å². The molecule has 0 spiro atoms. The summed E-state index contributed by atoms with van der Waals surface area (Å²) in [4.78, 5) is 4.77. The fourth-order valence-electron chi connectivity index (χ4n) is 4.41. The van der Waals surface area contributed by atoms with Crippen molar-refractivity contribution >= 4 is 24.8 Å². The third kappa shape index (κ3) is 6.88. The Balaban J connectivity index is 0.00000181. The van der Waals surface area contributed by atoms with Crippen LogP contribution in [0.5, 0.6) is 17.2 Å². The minimum Gasteiger partial charge on any atom is -0.493 e. The molecule has 2 aliphatic heterocycles. The molecule has 0 aromatic heterocycles. The highest BCUT2D eigenvalue weighted by Gasteiger charge is 2.31. The number of hydrogen-bond acceptors (Lipinski definition) is 5. The molecule has 178 valence electrons. The Morgan fingerprint density at radius 1 is 1.06 bits per heavy atom. The highest BCUT2D eigenvalue weighted by Crippen LogP contribution is 2.37. The van der Waals surface area contributed by atoms with Crippen LogP contribution in [0.1, 0.15) is 24.3 Å². The van der Waals surface area contributed by atoms with E-state index < -0.39 is 0 Å². The van der Waals surface area contributed by atoms with Crippen LogP contribution in [0.25, 0.3) is 0 Å². The molecule has 2 aromatic rings. The summed E-state index contributed by atoms with van der Waals surface area (Å²) >= 11 is 0. The van der Waals surface area contributed by atoms with Crippen LogP contribution in [0.2, 0.25) is 0 Å². The third-order valence-electron chi connectivity index (χ3n) is 6.00. The molecule has 5 nitrogen and oxygen atoms in total. The summed E-state index contributed by atoms with van der Waals surface area (Å²) in [7, 11) is 4.23. The Bertz CT molecular complexity index is 838. The summed E-state index contributed by atoms with van der Waals surface area (Å²) < 4.78 is 30.5. The molecule has 0 unspecified atom stereocenters. The van der Waals surface area contributed by atoms with Gasteiger partial charge >= 0.3 is 0 Å². The van der Waals surface area contributed by atoms with E-state index in [1.165, 1.54) is 5.56 Å². The van der Waals surface area contributed by atoms with Gasteiger partial charge in [0.25, 0.3) is 0 Å². The van der Waals surface area contributed by atoms with Gasteiger partial charge in [0.2, 0.25) is 6.79 Å². The maximum absolute atomic E-state index is 13.4. The second-order valence-corrected chi connectivity index (χ2v) is 8.49. The van der Waals surface area contributed by atoms with Crippen molar-refractivity contribution in [2.75, 3.05) is 53.7 Å². The van der Waals surface area contributed by atoms with Crippen molar-refractivity contribution in [3.8, 4) is 17.2 Å². The van der Waals surface area contributed by atoms with Crippen LogP contribution in [0.4, 0.5) is 4.39 Å². The first kappa shape index (κ1) is 26.5. The predicted molar refractivity (Wildman–Crippen MR) is 129 cm³/mol. The van der Waals surface area contributed by atoms with E-state index >= 15 is 0 Å². The summed E-state index contributed by atoms with van der Waals surface area (Å²) in [6.45, 7) is 5.11. The lowest BCUT2D eigenvalue weighted by molar-refractivity contribution is 0.108. The van der Waals surface area contributed by atoms with Crippen molar-refractivity contribution in [1.29, 1.82) is 0 Å². The lowest BCUT2D eigenvalue weighted by atomic mass is 9.80. The molecule has 2 aromatic carbocycles. The van der Waals surface area contributed by atoms with Crippen LogP contribution in [0, 0.1) is 11.7 Å². The van der Waals surface area contributed by atoms with Crippen LogP contribution in [0.3, 0.4) is 0 Å². The molecule has 2 atom stereocenters. The molecule has 0 bridgehead atoms. The van der Waals surface area contributed by atoms with Gasteiger partial charge in [-0.3, -0.25) is 0 Å². The van der Waals surface area contributed by atoms with E-state index in [1.807, 2.05) is 30.3 Å². The van der Waals surface area contributed by atoms with Crippen molar-refractivity contribution in [2.45, 2.75) is 18.8 Å². The van der Waals surface area contributed by atoms with Gasteiger partial charge in [-0.1, -0.05) is 12.1 Å². The first-order valence-corrected chi connectivity index (χ1v) is 10.7. The van der Waals surface area contributed by atoms with Gasteiger partial charge in [0, 0.05) is 18.5 Å². The molecule has 1 fully saturated rings. The Hall–Kier alpha value is -1.73.